The molecule has 2 aliphatic rings. The first-order valence-corrected chi connectivity index (χ1v) is 11.4. The highest BCUT2D eigenvalue weighted by Gasteiger charge is 2.33. The second kappa shape index (κ2) is 8.53. The third kappa shape index (κ3) is 4.22. The molecule has 7 heteroatoms. The number of amides is 1. The lowest BCUT2D eigenvalue weighted by atomic mass is 9.97. The van der Waals surface area contributed by atoms with Crippen LogP contribution in [0.5, 0.6) is 0 Å². The summed E-state index contributed by atoms with van der Waals surface area (Å²) in [5.41, 5.74) is 2.57. The fraction of sp³-hybridized carbons (Fsp3) is 0.261. The van der Waals surface area contributed by atoms with Gasteiger partial charge in [-0.2, -0.15) is 4.31 Å². The highest BCUT2D eigenvalue weighted by molar-refractivity contribution is 7.98. The van der Waals surface area contributed by atoms with Crippen molar-refractivity contribution in [3.63, 3.8) is 0 Å². The zero-order valence-corrected chi connectivity index (χ0v) is 17.3. The molecule has 2 aromatic rings. The van der Waals surface area contributed by atoms with E-state index in [9.17, 15) is 17.6 Å². The number of allylic oxidation sites excluding steroid dienone is 1. The molecule has 0 spiro atoms. The van der Waals surface area contributed by atoms with Crippen LogP contribution >= 0.6 is 0 Å². The van der Waals surface area contributed by atoms with Gasteiger partial charge in [-0.05, 0) is 47.7 Å². The monoisotopic (exact) mass is 426 g/mol. The minimum Gasteiger partial charge on any atom is -0.337 e. The van der Waals surface area contributed by atoms with Gasteiger partial charge >= 0.3 is 0 Å². The predicted molar refractivity (Wildman–Crippen MR) is 115 cm³/mol. The van der Waals surface area contributed by atoms with Crippen molar-refractivity contribution in [1.29, 1.82) is 0 Å². The first-order valence-electron chi connectivity index (χ1n) is 9.96. The number of aryl methyl sites for hydroxylation is 1. The van der Waals surface area contributed by atoms with Crippen LogP contribution in [-0.2, 0) is 21.2 Å². The maximum Gasteiger partial charge on any atom is 0.246 e. The van der Waals surface area contributed by atoms with Gasteiger partial charge in [0.2, 0.25) is 15.9 Å². The second-order valence-electron chi connectivity index (χ2n) is 7.38. The van der Waals surface area contributed by atoms with Gasteiger partial charge in [-0.25, -0.2) is 12.8 Å². The van der Waals surface area contributed by atoms with Crippen LogP contribution in [0.1, 0.15) is 23.1 Å². The van der Waals surface area contributed by atoms with Gasteiger partial charge in [-0.1, -0.05) is 42.5 Å². The fourth-order valence-corrected chi connectivity index (χ4v) is 5.55. The van der Waals surface area contributed by atoms with E-state index in [1.807, 2.05) is 24.3 Å². The number of hydrogen-bond donors (Lipinski definition) is 0. The van der Waals surface area contributed by atoms with Gasteiger partial charge in [-0.3, -0.25) is 4.79 Å². The summed E-state index contributed by atoms with van der Waals surface area (Å²) < 4.78 is 40.9. The van der Waals surface area contributed by atoms with E-state index in [-0.39, 0.29) is 24.8 Å². The molecule has 4 rings (SSSR count). The third-order valence-electron chi connectivity index (χ3n) is 5.48. The number of piperazine rings is 1. The number of sulfonamides is 1. The first kappa shape index (κ1) is 20.5. The SMILES string of the molecule is O=C(/C=C/c1ccc(F)cc1)N1CCN(S(=O)(=O)C2=CCCc3ccccc32)CC1. The normalized spacial score (nSPS) is 17.6. The summed E-state index contributed by atoms with van der Waals surface area (Å²) in [5.74, 6) is -0.509. The van der Waals surface area contributed by atoms with Crippen LogP contribution in [-0.4, -0.2) is 49.7 Å². The van der Waals surface area contributed by atoms with Crippen LogP contribution in [0, 0.1) is 5.82 Å². The van der Waals surface area contributed by atoms with E-state index in [0.717, 1.165) is 23.1 Å². The molecule has 0 saturated carbocycles. The summed E-state index contributed by atoms with van der Waals surface area (Å²) in [6.45, 7) is 1.19. The van der Waals surface area contributed by atoms with Crippen molar-refractivity contribution < 1.29 is 17.6 Å². The van der Waals surface area contributed by atoms with Gasteiger partial charge in [0.05, 0.1) is 4.91 Å². The number of fused-ring (bicyclic) bond motifs is 1. The molecule has 0 N–H and O–H groups in total. The van der Waals surface area contributed by atoms with Crippen molar-refractivity contribution >= 4 is 26.9 Å². The molecule has 0 bridgehead atoms. The molecule has 30 heavy (non-hydrogen) atoms. The Balaban J connectivity index is 1.41. The van der Waals surface area contributed by atoms with Gasteiger partial charge < -0.3 is 4.90 Å². The largest absolute Gasteiger partial charge is 0.337 e. The smallest absolute Gasteiger partial charge is 0.246 e. The van der Waals surface area contributed by atoms with Crippen LogP contribution in [0.3, 0.4) is 0 Å². The van der Waals surface area contributed by atoms with Crippen molar-refractivity contribution in [3.8, 4) is 0 Å². The molecule has 0 atom stereocenters. The molecule has 1 aliphatic heterocycles. The molecule has 0 radical (unpaired) electrons. The minimum atomic E-state index is -3.60. The molecule has 1 fully saturated rings. The van der Waals surface area contributed by atoms with E-state index in [1.165, 1.54) is 22.5 Å². The van der Waals surface area contributed by atoms with Crippen molar-refractivity contribution in [1.82, 2.24) is 9.21 Å². The average Bonchev–Trinajstić information content (AvgIpc) is 2.78. The second-order valence-corrected chi connectivity index (χ2v) is 9.28. The van der Waals surface area contributed by atoms with Crippen molar-refractivity contribution in [2.75, 3.05) is 26.2 Å². The minimum absolute atomic E-state index is 0.182. The van der Waals surface area contributed by atoms with Crippen LogP contribution in [0.4, 0.5) is 4.39 Å². The Morgan fingerprint density at radius 2 is 1.67 bits per heavy atom. The summed E-state index contributed by atoms with van der Waals surface area (Å²) in [6.07, 6.45) is 6.43. The van der Waals surface area contributed by atoms with Crippen LogP contribution < -0.4 is 0 Å². The zero-order chi connectivity index (χ0) is 21.1. The van der Waals surface area contributed by atoms with E-state index in [4.69, 9.17) is 0 Å². The first-order chi connectivity index (χ1) is 14.4. The summed E-state index contributed by atoms with van der Waals surface area (Å²) >= 11 is 0. The van der Waals surface area contributed by atoms with E-state index < -0.39 is 10.0 Å². The number of carbonyl (C=O) groups is 1. The molecule has 2 aromatic carbocycles. The maximum absolute atomic E-state index is 13.2. The zero-order valence-electron chi connectivity index (χ0n) is 16.5. The Morgan fingerprint density at radius 1 is 0.967 bits per heavy atom. The van der Waals surface area contributed by atoms with Gasteiger partial charge in [0.1, 0.15) is 5.82 Å². The van der Waals surface area contributed by atoms with Gasteiger partial charge in [0.15, 0.2) is 0 Å². The van der Waals surface area contributed by atoms with E-state index in [2.05, 4.69) is 0 Å². The summed E-state index contributed by atoms with van der Waals surface area (Å²) in [4.78, 5) is 14.5. The summed E-state index contributed by atoms with van der Waals surface area (Å²) in [5, 5.41) is 0. The highest BCUT2D eigenvalue weighted by Crippen LogP contribution is 2.32. The molecule has 1 aliphatic carbocycles. The Kier molecular flexibility index (Phi) is 5.83. The van der Waals surface area contributed by atoms with Crippen molar-refractivity contribution in [3.05, 3.63) is 83.2 Å². The number of benzene rings is 2. The topological polar surface area (TPSA) is 57.7 Å². The molecule has 1 amide bonds. The molecule has 1 heterocycles. The van der Waals surface area contributed by atoms with Gasteiger partial charge in [-0.15, -0.1) is 0 Å². The number of nitrogens with zero attached hydrogens (tertiary/aromatic N) is 2. The average molecular weight is 427 g/mol. The summed E-state index contributed by atoms with van der Waals surface area (Å²) in [7, 11) is -3.60. The van der Waals surface area contributed by atoms with Crippen LogP contribution in [0.25, 0.3) is 11.0 Å². The number of carbonyl (C=O) groups excluding carboxylic acids is 1. The highest BCUT2D eigenvalue weighted by atomic mass is 32.2. The van der Waals surface area contributed by atoms with Crippen LogP contribution in [0.2, 0.25) is 0 Å². The third-order valence-corrected chi connectivity index (χ3v) is 7.47. The molecule has 0 unspecified atom stereocenters. The Morgan fingerprint density at radius 3 is 2.40 bits per heavy atom. The number of hydrogen-bond acceptors (Lipinski definition) is 3. The predicted octanol–water partition coefficient (Wildman–Crippen LogP) is 3.30. The lowest BCUT2D eigenvalue weighted by molar-refractivity contribution is -0.127. The number of halogens is 1. The Bertz CT molecular complexity index is 1100. The Labute approximate surface area is 176 Å². The summed E-state index contributed by atoms with van der Waals surface area (Å²) in [6, 6.07) is 13.5. The van der Waals surface area contributed by atoms with Gasteiger partial charge in [0.25, 0.3) is 0 Å². The molecule has 0 aromatic heterocycles. The van der Waals surface area contributed by atoms with E-state index in [1.54, 1.807) is 29.2 Å². The molecule has 156 valence electrons. The van der Waals surface area contributed by atoms with E-state index >= 15 is 0 Å². The van der Waals surface area contributed by atoms with Crippen LogP contribution in [0.15, 0.2) is 60.7 Å². The quantitative estimate of drug-likeness (QED) is 0.705. The lowest BCUT2D eigenvalue weighted by Crippen LogP contribution is -2.50. The van der Waals surface area contributed by atoms with Crippen molar-refractivity contribution in [2.24, 2.45) is 0 Å². The molecular formula is C23H23FN2O3S. The molecular weight excluding hydrogens is 403 g/mol. The fourth-order valence-electron chi connectivity index (χ4n) is 3.83. The molecule has 1 saturated heterocycles. The standard InChI is InChI=1S/C23H23FN2O3S/c24-20-11-8-18(9-12-20)10-13-23(27)25-14-16-26(17-15-25)30(28,29)22-7-3-5-19-4-1-2-6-21(19)22/h1-2,4,6-13H,3,5,14-17H2/b13-10+. The number of rotatable bonds is 4. The Hall–Kier alpha value is -2.77. The van der Waals surface area contributed by atoms with Crippen molar-refractivity contribution in [2.45, 2.75) is 12.8 Å². The van der Waals surface area contributed by atoms with Gasteiger partial charge in [0, 0.05) is 32.3 Å². The molecule has 5 nitrogen and oxygen atoms in total. The lowest BCUT2D eigenvalue weighted by Gasteiger charge is -2.34. The maximum atomic E-state index is 13.2. The van der Waals surface area contributed by atoms with E-state index in [0.29, 0.717) is 24.4 Å².